The Bertz CT molecular complexity index is 1190. The Morgan fingerprint density at radius 2 is 1.71 bits per heavy atom. The number of hydrogen-bond donors (Lipinski definition) is 0. The van der Waals surface area contributed by atoms with Gasteiger partial charge < -0.3 is 14.0 Å². The van der Waals surface area contributed by atoms with Crippen molar-refractivity contribution in [3.8, 4) is 5.75 Å². The van der Waals surface area contributed by atoms with E-state index in [0.29, 0.717) is 44.6 Å². The molecule has 0 radical (unpaired) electrons. The monoisotopic (exact) mass is 490 g/mol. The molecule has 2 saturated heterocycles. The van der Waals surface area contributed by atoms with Crippen LogP contribution < -0.4 is 4.74 Å². The smallest absolute Gasteiger partial charge is 0.260 e. The molecular formula is C25H26F4N4O2. The maximum Gasteiger partial charge on any atom is 0.260 e. The molecule has 0 N–H and O–H groups in total. The van der Waals surface area contributed by atoms with Crippen LogP contribution in [0.15, 0.2) is 42.9 Å². The SMILES string of the molecule is O=C(N1CCC(Oc2c(F)cc(F)cc2F)CC1)C1(F)CCN(Cc2ccn3ccnc3c2)CC1. The molecule has 2 aliphatic rings. The summed E-state index contributed by atoms with van der Waals surface area (Å²) in [7, 11) is 0. The number of carbonyl (C=O) groups is 1. The van der Waals surface area contributed by atoms with E-state index in [1.54, 1.807) is 6.20 Å². The van der Waals surface area contributed by atoms with Crippen molar-refractivity contribution in [3.05, 3.63) is 65.9 Å². The molecule has 0 atom stereocenters. The summed E-state index contributed by atoms with van der Waals surface area (Å²) in [5.74, 6) is -4.41. The van der Waals surface area contributed by atoms with Gasteiger partial charge in [-0.15, -0.1) is 0 Å². The molecule has 2 aromatic heterocycles. The number of halogens is 4. The highest BCUT2D eigenvalue weighted by atomic mass is 19.2. The van der Waals surface area contributed by atoms with E-state index in [-0.39, 0.29) is 25.9 Å². The summed E-state index contributed by atoms with van der Waals surface area (Å²) in [6.45, 7) is 2.04. The van der Waals surface area contributed by atoms with Crippen molar-refractivity contribution in [2.24, 2.45) is 0 Å². The molecule has 10 heteroatoms. The molecule has 3 aromatic rings. The molecule has 0 aliphatic carbocycles. The van der Waals surface area contributed by atoms with Gasteiger partial charge in [0.25, 0.3) is 5.91 Å². The summed E-state index contributed by atoms with van der Waals surface area (Å²) in [6.07, 6.45) is 5.84. The average Bonchev–Trinajstić information content (AvgIpc) is 3.31. The van der Waals surface area contributed by atoms with Crippen LogP contribution in [-0.4, -0.2) is 63.0 Å². The second-order valence-corrected chi connectivity index (χ2v) is 9.28. The normalized spacial score (nSPS) is 19.3. The van der Waals surface area contributed by atoms with Gasteiger partial charge >= 0.3 is 0 Å². The summed E-state index contributed by atoms with van der Waals surface area (Å²) in [6, 6.07) is 5.13. The number of imidazole rings is 1. The van der Waals surface area contributed by atoms with Gasteiger partial charge in [0.15, 0.2) is 23.1 Å². The largest absolute Gasteiger partial charge is 0.484 e. The van der Waals surface area contributed by atoms with Crippen LogP contribution in [0.3, 0.4) is 0 Å². The number of rotatable bonds is 5. The molecule has 0 spiro atoms. The minimum Gasteiger partial charge on any atom is -0.484 e. The van der Waals surface area contributed by atoms with Crippen LogP contribution in [0, 0.1) is 17.5 Å². The highest BCUT2D eigenvalue weighted by molar-refractivity contribution is 5.85. The van der Waals surface area contributed by atoms with Gasteiger partial charge in [0.05, 0.1) is 0 Å². The third kappa shape index (κ3) is 4.98. The Kier molecular flexibility index (Phi) is 6.39. The van der Waals surface area contributed by atoms with Gasteiger partial charge in [-0.2, -0.15) is 0 Å². The first kappa shape index (κ1) is 23.6. The number of aromatic nitrogens is 2. The number of piperidine rings is 2. The van der Waals surface area contributed by atoms with Gasteiger partial charge in [-0.05, 0) is 17.7 Å². The van der Waals surface area contributed by atoms with Crippen LogP contribution in [-0.2, 0) is 11.3 Å². The molecule has 35 heavy (non-hydrogen) atoms. The fourth-order valence-electron chi connectivity index (χ4n) is 4.86. The van der Waals surface area contributed by atoms with Crippen LogP contribution in [0.4, 0.5) is 17.6 Å². The second kappa shape index (κ2) is 9.49. The number of ether oxygens (including phenoxy) is 1. The quantitative estimate of drug-likeness (QED) is 0.505. The van der Waals surface area contributed by atoms with Crippen molar-refractivity contribution >= 4 is 11.6 Å². The number of benzene rings is 1. The molecule has 2 aliphatic heterocycles. The number of carbonyl (C=O) groups excluding carboxylic acids is 1. The molecule has 0 bridgehead atoms. The predicted octanol–water partition coefficient (Wildman–Crippen LogP) is 4.13. The third-order valence-electron chi connectivity index (χ3n) is 6.88. The van der Waals surface area contributed by atoms with Gasteiger partial charge in [0, 0.05) is 89.1 Å². The fraction of sp³-hybridized carbons (Fsp3) is 0.440. The summed E-state index contributed by atoms with van der Waals surface area (Å²) in [5.41, 5.74) is 0.0103. The van der Waals surface area contributed by atoms with E-state index in [0.717, 1.165) is 11.2 Å². The molecule has 1 amide bonds. The Morgan fingerprint density at radius 1 is 1.03 bits per heavy atom. The van der Waals surface area contributed by atoms with E-state index in [9.17, 15) is 18.0 Å². The summed E-state index contributed by atoms with van der Waals surface area (Å²) < 4.78 is 63.8. The zero-order valence-electron chi connectivity index (χ0n) is 19.1. The Balaban J connectivity index is 1.12. The van der Waals surface area contributed by atoms with E-state index in [1.807, 2.05) is 28.9 Å². The summed E-state index contributed by atoms with van der Waals surface area (Å²) in [4.78, 5) is 20.9. The first-order valence-corrected chi connectivity index (χ1v) is 11.7. The molecule has 6 nitrogen and oxygen atoms in total. The van der Waals surface area contributed by atoms with Crippen molar-refractivity contribution in [1.82, 2.24) is 19.2 Å². The minimum absolute atomic E-state index is 0.111. The number of alkyl halides is 1. The highest BCUT2D eigenvalue weighted by Gasteiger charge is 2.44. The minimum atomic E-state index is -1.92. The average molecular weight is 491 g/mol. The molecule has 5 rings (SSSR count). The van der Waals surface area contributed by atoms with Gasteiger partial charge in [0.2, 0.25) is 0 Å². The summed E-state index contributed by atoms with van der Waals surface area (Å²) >= 11 is 0. The molecule has 186 valence electrons. The summed E-state index contributed by atoms with van der Waals surface area (Å²) in [5, 5.41) is 0. The van der Waals surface area contributed by atoms with Gasteiger partial charge in [-0.3, -0.25) is 9.69 Å². The zero-order valence-corrected chi connectivity index (χ0v) is 19.1. The van der Waals surface area contributed by atoms with Crippen LogP contribution >= 0.6 is 0 Å². The first-order chi connectivity index (χ1) is 16.8. The van der Waals surface area contributed by atoms with Crippen LogP contribution in [0.2, 0.25) is 0 Å². The molecule has 0 saturated carbocycles. The van der Waals surface area contributed by atoms with Crippen molar-refractivity contribution in [2.75, 3.05) is 26.2 Å². The van der Waals surface area contributed by atoms with Crippen LogP contribution in [0.5, 0.6) is 5.75 Å². The number of pyridine rings is 1. The number of likely N-dealkylation sites (tertiary alicyclic amines) is 2. The predicted molar refractivity (Wildman–Crippen MR) is 120 cm³/mol. The Morgan fingerprint density at radius 3 is 2.40 bits per heavy atom. The molecule has 0 unspecified atom stereocenters. The zero-order chi connectivity index (χ0) is 24.6. The lowest BCUT2D eigenvalue weighted by Crippen LogP contribution is -2.54. The van der Waals surface area contributed by atoms with Crippen LogP contribution in [0.1, 0.15) is 31.2 Å². The van der Waals surface area contributed by atoms with Crippen molar-refractivity contribution in [3.63, 3.8) is 0 Å². The first-order valence-electron chi connectivity index (χ1n) is 11.7. The lowest BCUT2D eigenvalue weighted by Gasteiger charge is -2.40. The molecule has 4 heterocycles. The van der Waals surface area contributed by atoms with E-state index in [2.05, 4.69) is 9.88 Å². The van der Waals surface area contributed by atoms with Gasteiger partial charge in [-0.1, -0.05) is 0 Å². The van der Waals surface area contributed by atoms with Crippen molar-refractivity contribution < 1.29 is 27.1 Å². The fourth-order valence-corrected chi connectivity index (χ4v) is 4.86. The maximum atomic E-state index is 15.6. The number of amides is 1. The number of nitrogens with zero attached hydrogens (tertiary/aromatic N) is 4. The van der Waals surface area contributed by atoms with E-state index >= 15 is 4.39 Å². The van der Waals surface area contributed by atoms with Gasteiger partial charge in [0.1, 0.15) is 17.6 Å². The van der Waals surface area contributed by atoms with Crippen LogP contribution in [0.25, 0.3) is 5.65 Å². The van der Waals surface area contributed by atoms with Gasteiger partial charge in [-0.25, -0.2) is 22.5 Å². The lowest BCUT2D eigenvalue weighted by molar-refractivity contribution is -0.149. The van der Waals surface area contributed by atoms with Crippen molar-refractivity contribution in [1.29, 1.82) is 0 Å². The maximum absolute atomic E-state index is 15.6. The molecular weight excluding hydrogens is 464 g/mol. The molecule has 1 aromatic carbocycles. The van der Waals surface area contributed by atoms with E-state index < -0.39 is 40.9 Å². The molecule has 2 fully saturated rings. The number of fused-ring (bicyclic) bond motifs is 1. The lowest BCUT2D eigenvalue weighted by atomic mass is 9.90. The standard InChI is InChI=1S/C25H26F4N4O2/c26-18-14-20(27)23(21(28)15-18)35-19-2-8-33(9-3-19)24(34)25(29)4-10-31(11-5-25)16-17-1-7-32-12-6-30-22(32)13-17/h1,6-7,12-15,19H,2-5,8-11,16H2. The van der Waals surface area contributed by atoms with Crippen molar-refractivity contribution in [2.45, 2.75) is 44.0 Å². The Hall–Kier alpha value is -3.14. The number of hydrogen-bond acceptors (Lipinski definition) is 4. The third-order valence-corrected chi connectivity index (χ3v) is 6.88. The Labute approximate surface area is 200 Å². The van der Waals surface area contributed by atoms with E-state index in [4.69, 9.17) is 4.74 Å². The topological polar surface area (TPSA) is 50.1 Å². The highest BCUT2D eigenvalue weighted by Crippen LogP contribution is 2.32. The van der Waals surface area contributed by atoms with E-state index in [1.165, 1.54) is 4.90 Å². The second-order valence-electron chi connectivity index (χ2n) is 9.28.